The summed E-state index contributed by atoms with van der Waals surface area (Å²) in [6.45, 7) is -0.0867. The quantitative estimate of drug-likeness (QED) is 0.821. The number of carbonyl (C=O) groups excluding carboxylic acids is 3. The highest BCUT2D eigenvalue weighted by Crippen LogP contribution is 2.22. The largest absolute Gasteiger partial charge is 0.392 e. The molecule has 0 saturated carbocycles. The lowest BCUT2D eigenvalue weighted by Gasteiger charge is -2.13. The SMILES string of the molecule is O=C(CCN1C(=O)c2ccccc2C1=O)Nc1cccc(CO)c1. The molecule has 1 aliphatic heterocycles. The maximum atomic E-state index is 12.2. The molecule has 1 aliphatic rings. The van der Waals surface area contributed by atoms with Crippen molar-refractivity contribution in [3.05, 3.63) is 65.2 Å². The zero-order valence-corrected chi connectivity index (χ0v) is 12.9. The van der Waals surface area contributed by atoms with Crippen molar-refractivity contribution in [2.45, 2.75) is 13.0 Å². The van der Waals surface area contributed by atoms with E-state index in [0.29, 0.717) is 22.4 Å². The van der Waals surface area contributed by atoms with Crippen LogP contribution in [0.1, 0.15) is 32.7 Å². The van der Waals surface area contributed by atoms with E-state index in [1.165, 1.54) is 0 Å². The van der Waals surface area contributed by atoms with E-state index >= 15 is 0 Å². The molecule has 2 aromatic rings. The number of benzene rings is 2. The van der Waals surface area contributed by atoms with Crippen LogP contribution in [-0.4, -0.2) is 34.3 Å². The molecular weight excluding hydrogens is 308 g/mol. The summed E-state index contributed by atoms with van der Waals surface area (Å²) in [4.78, 5) is 37.5. The van der Waals surface area contributed by atoms with Crippen molar-refractivity contribution >= 4 is 23.4 Å². The van der Waals surface area contributed by atoms with Gasteiger partial charge in [-0.15, -0.1) is 0 Å². The highest BCUT2D eigenvalue weighted by Gasteiger charge is 2.34. The summed E-state index contributed by atoms with van der Waals surface area (Å²) < 4.78 is 0. The molecule has 6 nitrogen and oxygen atoms in total. The van der Waals surface area contributed by atoms with E-state index in [-0.39, 0.29) is 37.3 Å². The van der Waals surface area contributed by atoms with Crippen LogP contribution in [0.25, 0.3) is 0 Å². The molecule has 0 fully saturated rings. The van der Waals surface area contributed by atoms with Crippen molar-refractivity contribution in [3.8, 4) is 0 Å². The Kier molecular flexibility index (Phi) is 4.39. The van der Waals surface area contributed by atoms with Gasteiger partial charge < -0.3 is 10.4 Å². The molecule has 1 heterocycles. The van der Waals surface area contributed by atoms with Crippen LogP contribution in [0.5, 0.6) is 0 Å². The van der Waals surface area contributed by atoms with Gasteiger partial charge in [0.15, 0.2) is 0 Å². The molecule has 2 aromatic carbocycles. The van der Waals surface area contributed by atoms with Gasteiger partial charge in [0.1, 0.15) is 0 Å². The highest BCUT2D eigenvalue weighted by atomic mass is 16.3. The first kappa shape index (κ1) is 15.9. The van der Waals surface area contributed by atoms with E-state index in [0.717, 1.165) is 4.90 Å². The summed E-state index contributed by atoms with van der Waals surface area (Å²) in [5, 5.41) is 11.8. The van der Waals surface area contributed by atoms with E-state index < -0.39 is 0 Å². The Labute approximate surface area is 138 Å². The van der Waals surface area contributed by atoms with Crippen LogP contribution >= 0.6 is 0 Å². The molecular formula is C18H16N2O4. The first-order valence-electron chi connectivity index (χ1n) is 7.55. The van der Waals surface area contributed by atoms with Gasteiger partial charge in [-0.25, -0.2) is 0 Å². The summed E-state index contributed by atoms with van der Waals surface area (Å²) in [7, 11) is 0. The highest BCUT2D eigenvalue weighted by molar-refractivity contribution is 6.21. The van der Waals surface area contributed by atoms with Gasteiger partial charge in [-0.2, -0.15) is 0 Å². The molecule has 2 N–H and O–H groups in total. The summed E-state index contributed by atoms with van der Waals surface area (Å²) >= 11 is 0. The predicted octanol–water partition coefficient (Wildman–Crippen LogP) is 1.80. The monoisotopic (exact) mass is 324 g/mol. The average Bonchev–Trinajstić information content (AvgIpc) is 2.84. The van der Waals surface area contributed by atoms with Gasteiger partial charge in [0.25, 0.3) is 11.8 Å². The fourth-order valence-corrected chi connectivity index (χ4v) is 2.63. The number of aliphatic hydroxyl groups excluding tert-OH is 1. The van der Waals surface area contributed by atoms with E-state index in [2.05, 4.69) is 5.32 Å². The first-order valence-corrected chi connectivity index (χ1v) is 7.55. The first-order chi connectivity index (χ1) is 11.6. The third kappa shape index (κ3) is 3.04. The Hall–Kier alpha value is -2.99. The van der Waals surface area contributed by atoms with Gasteiger partial charge >= 0.3 is 0 Å². The maximum Gasteiger partial charge on any atom is 0.261 e. The van der Waals surface area contributed by atoms with E-state index in [4.69, 9.17) is 5.11 Å². The third-order valence-electron chi connectivity index (χ3n) is 3.83. The minimum Gasteiger partial charge on any atom is -0.392 e. The maximum absolute atomic E-state index is 12.2. The number of nitrogens with one attached hydrogen (secondary N) is 1. The van der Waals surface area contributed by atoms with Crippen molar-refractivity contribution in [2.24, 2.45) is 0 Å². The van der Waals surface area contributed by atoms with Gasteiger partial charge in [0, 0.05) is 18.7 Å². The fourth-order valence-electron chi connectivity index (χ4n) is 2.63. The number of carbonyl (C=O) groups is 3. The Balaban J connectivity index is 1.61. The van der Waals surface area contributed by atoms with Gasteiger partial charge in [0.2, 0.25) is 5.91 Å². The number of hydrogen-bond donors (Lipinski definition) is 2. The van der Waals surface area contributed by atoms with Gasteiger partial charge in [0.05, 0.1) is 17.7 Å². The van der Waals surface area contributed by atoms with Gasteiger partial charge in [-0.1, -0.05) is 24.3 Å². The van der Waals surface area contributed by atoms with Crippen LogP contribution in [0.15, 0.2) is 48.5 Å². The lowest BCUT2D eigenvalue weighted by molar-refractivity contribution is -0.116. The number of fused-ring (bicyclic) bond motifs is 1. The molecule has 24 heavy (non-hydrogen) atoms. The number of nitrogens with zero attached hydrogens (tertiary/aromatic N) is 1. The van der Waals surface area contributed by atoms with E-state index in [9.17, 15) is 14.4 Å². The van der Waals surface area contributed by atoms with E-state index in [1.54, 1.807) is 48.5 Å². The lowest BCUT2D eigenvalue weighted by atomic mass is 10.1. The van der Waals surface area contributed by atoms with Crippen molar-refractivity contribution in [1.29, 1.82) is 0 Å². The number of amides is 3. The molecule has 122 valence electrons. The van der Waals surface area contributed by atoms with Crippen molar-refractivity contribution < 1.29 is 19.5 Å². The molecule has 6 heteroatoms. The second-order valence-electron chi connectivity index (χ2n) is 5.46. The van der Waals surface area contributed by atoms with Gasteiger partial charge in [-0.05, 0) is 29.8 Å². The number of imide groups is 1. The molecule has 3 amide bonds. The van der Waals surface area contributed by atoms with E-state index in [1.807, 2.05) is 0 Å². The molecule has 0 spiro atoms. The molecule has 0 saturated heterocycles. The number of anilines is 1. The number of rotatable bonds is 5. The summed E-state index contributed by atoms with van der Waals surface area (Å²) in [5.74, 6) is -1.04. The normalized spacial score (nSPS) is 13.1. The second kappa shape index (κ2) is 6.64. The topological polar surface area (TPSA) is 86.7 Å². The number of hydrogen-bond acceptors (Lipinski definition) is 4. The Morgan fingerprint density at radius 3 is 2.29 bits per heavy atom. The standard InChI is InChI=1S/C18H16N2O4/c21-11-12-4-3-5-13(10-12)19-16(22)8-9-20-17(23)14-6-1-2-7-15(14)18(20)24/h1-7,10,21H,8-9,11H2,(H,19,22). The molecule has 0 aliphatic carbocycles. The summed E-state index contributed by atoms with van der Waals surface area (Å²) in [6.07, 6.45) is 0.00875. The Bertz CT molecular complexity index is 781. The zero-order chi connectivity index (χ0) is 17.1. The second-order valence-corrected chi connectivity index (χ2v) is 5.46. The van der Waals surface area contributed by atoms with Crippen molar-refractivity contribution in [2.75, 3.05) is 11.9 Å². The average molecular weight is 324 g/mol. The zero-order valence-electron chi connectivity index (χ0n) is 12.9. The third-order valence-corrected chi connectivity index (χ3v) is 3.83. The molecule has 0 bridgehead atoms. The molecule has 0 unspecified atom stereocenters. The minimum absolute atomic E-state index is 0.00875. The number of aliphatic hydroxyl groups is 1. The minimum atomic E-state index is -0.370. The van der Waals surface area contributed by atoms with Crippen LogP contribution < -0.4 is 5.32 Å². The van der Waals surface area contributed by atoms with Crippen LogP contribution in [0.3, 0.4) is 0 Å². The van der Waals surface area contributed by atoms with Crippen LogP contribution in [0, 0.1) is 0 Å². The van der Waals surface area contributed by atoms with Crippen molar-refractivity contribution in [3.63, 3.8) is 0 Å². The molecule has 0 aromatic heterocycles. The summed E-state index contributed by atoms with van der Waals surface area (Å²) in [5.41, 5.74) is 2.00. The lowest BCUT2D eigenvalue weighted by Crippen LogP contribution is -2.32. The smallest absolute Gasteiger partial charge is 0.261 e. The van der Waals surface area contributed by atoms with Crippen molar-refractivity contribution in [1.82, 2.24) is 4.90 Å². The van der Waals surface area contributed by atoms with Gasteiger partial charge in [-0.3, -0.25) is 19.3 Å². The Morgan fingerprint density at radius 1 is 1.00 bits per heavy atom. The Morgan fingerprint density at radius 2 is 1.67 bits per heavy atom. The van der Waals surface area contributed by atoms with Crippen LogP contribution in [-0.2, 0) is 11.4 Å². The molecule has 0 atom stereocenters. The van der Waals surface area contributed by atoms with Crippen LogP contribution in [0.2, 0.25) is 0 Å². The molecule has 0 radical (unpaired) electrons. The predicted molar refractivity (Wildman–Crippen MR) is 87.4 cm³/mol. The summed E-state index contributed by atoms with van der Waals surface area (Å²) in [6, 6.07) is 13.5. The van der Waals surface area contributed by atoms with Crippen LogP contribution in [0.4, 0.5) is 5.69 Å². The fraction of sp³-hybridized carbons (Fsp3) is 0.167. The molecule has 3 rings (SSSR count).